The Morgan fingerprint density at radius 3 is 1.50 bits per heavy atom. The topological polar surface area (TPSA) is 52.6 Å². The molecule has 0 aliphatic rings. The van der Waals surface area contributed by atoms with Crippen molar-refractivity contribution in [2.45, 2.75) is 122 Å². The summed E-state index contributed by atoms with van der Waals surface area (Å²) in [5.74, 6) is -1.16. The molecule has 0 spiro atoms. The first-order valence-electron chi connectivity index (χ1n) is 12.3. The molecule has 0 aromatic rings. The van der Waals surface area contributed by atoms with Crippen LogP contribution in [0.5, 0.6) is 0 Å². The molecule has 0 aliphatic heterocycles. The minimum atomic E-state index is -0.635. The second-order valence-electron chi connectivity index (χ2n) is 8.24. The summed E-state index contributed by atoms with van der Waals surface area (Å²) in [5.41, 5.74) is 0.419. The van der Waals surface area contributed by atoms with Gasteiger partial charge in [-0.25, -0.2) is 9.59 Å². The van der Waals surface area contributed by atoms with Crippen molar-refractivity contribution >= 4 is 11.9 Å². The highest BCUT2D eigenvalue weighted by Crippen LogP contribution is 2.15. The molecular weight excluding hydrogens is 376 g/mol. The fraction of sp³-hybridized carbons (Fsp3) is 0.769. The smallest absolute Gasteiger partial charge is 0.349 e. The standard InChI is InChI=1S/C26H46O4/c1-4-6-7-8-9-10-11-12-13-14-15-16-17-18-19-20-21-22-24(3)26(28)30-23-25(27)29-5-2/h5H,2-4,6-23H2,1H3. The molecule has 4 heteroatoms. The Bertz CT molecular complexity index is 456. The van der Waals surface area contributed by atoms with E-state index in [0.29, 0.717) is 12.0 Å². The van der Waals surface area contributed by atoms with Crippen LogP contribution in [-0.2, 0) is 19.1 Å². The first kappa shape index (κ1) is 28.4. The lowest BCUT2D eigenvalue weighted by molar-refractivity contribution is -0.153. The van der Waals surface area contributed by atoms with Crippen molar-refractivity contribution < 1.29 is 19.1 Å². The zero-order chi connectivity index (χ0) is 22.3. The highest BCUT2D eigenvalue weighted by molar-refractivity contribution is 5.89. The zero-order valence-electron chi connectivity index (χ0n) is 19.6. The number of unbranched alkanes of at least 4 members (excludes halogenated alkanes) is 16. The van der Waals surface area contributed by atoms with E-state index in [9.17, 15) is 9.59 Å². The van der Waals surface area contributed by atoms with E-state index in [0.717, 1.165) is 19.1 Å². The molecule has 0 aliphatic carbocycles. The van der Waals surface area contributed by atoms with Crippen molar-refractivity contribution in [2.75, 3.05) is 6.61 Å². The molecule has 0 heterocycles. The molecular formula is C26H46O4. The van der Waals surface area contributed by atoms with Crippen LogP contribution >= 0.6 is 0 Å². The molecule has 0 amide bonds. The summed E-state index contributed by atoms with van der Waals surface area (Å²) in [7, 11) is 0. The molecule has 0 atom stereocenters. The Balaban J connectivity index is 3.30. The Morgan fingerprint density at radius 2 is 1.10 bits per heavy atom. The van der Waals surface area contributed by atoms with Crippen LogP contribution in [0.3, 0.4) is 0 Å². The SMILES string of the molecule is C=COC(=O)COC(=O)C(=C)CCCCCCCCCCCCCCCCCCC. The van der Waals surface area contributed by atoms with Gasteiger partial charge in [0.1, 0.15) is 0 Å². The van der Waals surface area contributed by atoms with E-state index in [-0.39, 0.29) is 0 Å². The molecule has 0 saturated heterocycles. The molecule has 0 radical (unpaired) electrons. The molecule has 0 unspecified atom stereocenters. The summed E-state index contributed by atoms with van der Waals surface area (Å²) >= 11 is 0. The van der Waals surface area contributed by atoms with E-state index in [4.69, 9.17) is 4.74 Å². The quantitative estimate of drug-likeness (QED) is 0.0772. The lowest BCUT2D eigenvalue weighted by Crippen LogP contribution is -2.15. The second kappa shape index (κ2) is 22.1. The number of rotatable bonds is 22. The average molecular weight is 423 g/mol. The highest BCUT2D eigenvalue weighted by atomic mass is 16.6. The van der Waals surface area contributed by atoms with Crippen LogP contribution in [0.25, 0.3) is 0 Å². The number of ether oxygens (including phenoxy) is 2. The largest absolute Gasteiger partial charge is 0.450 e. The van der Waals surface area contributed by atoms with E-state index in [1.165, 1.54) is 96.3 Å². The van der Waals surface area contributed by atoms with Gasteiger partial charge >= 0.3 is 11.9 Å². The monoisotopic (exact) mass is 422 g/mol. The summed E-state index contributed by atoms with van der Waals surface area (Å²) in [4.78, 5) is 22.8. The van der Waals surface area contributed by atoms with Crippen LogP contribution in [-0.4, -0.2) is 18.5 Å². The highest BCUT2D eigenvalue weighted by Gasteiger charge is 2.11. The third-order valence-corrected chi connectivity index (χ3v) is 5.41. The second-order valence-corrected chi connectivity index (χ2v) is 8.24. The number of carbonyl (C=O) groups excluding carboxylic acids is 2. The van der Waals surface area contributed by atoms with Gasteiger partial charge in [-0.2, -0.15) is 0 Å². The summed E-state index contributed by atoms with van der Waals surface area (Å²) in [6, 6.07) is 0. The van der Waals surface area contributed by atoms with Gasteiger partial charge in [-0.05, 0) is 12.8 Å². The van der Waals surface area contributed by atoms with Gasteiger partial charge in [0.2, 0.25) is 0 Å². The third-order valence-electron chi connectivity index (χ3n) is 5.41. The van der Waals surface area contributed by atoms with E-state index in [1.807, 2.05) is 0 Å². The van der Waals surface area contributed by atoms with Crippen molar-refractivity contribution in [1.29, 1.82) is 0 Å². The van der Waals surface area contributed by atoms with E-state index >= 15 is 0 Å². The van der Waals surface area contributed by atoms with Crippen LogP contribution in [0.1, 0.15) is 122 Å². The first-order valence-corrected chi connectivity index (χ1v) is 12.3. The molecule has 0 N–H and O–H groups in total. The van der Waals surface area contributed by atoms with Gasteiger partial charge in [-0.15, -0.1) is 0 Å². The van der Waals surface area contributed by atoms with Gasteiger partial charge in [0.25, 0.3) is 0 Å². The van der Waals surface area contributed by atoms with Crippen molar-refractivity contribution in [3.8, 4) is 0 Å². The van der Waals surface area contributed by atoms with Gasteiger partial charge in [-0.1, -0.05) is 123 Å². The molecule has 0 fully saturated rings. The van der Waals surface area contributed by atoms with Gasteiger partial charge in [0.15, 0.2) is 6.61 Å². The van der Waals surface area contributed by atoms with Crippen molar-refractivity contribution in [2.24, 2.45) is 0 Å². The summed E-state index contributed by atoms with van der Waals surface area (Å²) in [5, 5.41) is 0. The maximum atomic E-state index is 11.7. The maximum Gasteiger partial charge on any atom is 0.349 e. The summed E-state index contributed by atoms with van der Waals surface area (Å²) in [6.07, 6.45) is 24.2. The molecule has 0 saturated carbocycles. The van der Waals surface area contributed by atoms with Crippen LogP contribution in [0.2, 0.25) is 0 Å². The van der Waals surface area contributed by atoms with Crippen molar-refractivity contribution in [3.05, 3.63) is 25.0 Å². The van der Waals surface area contributed by atoms with Crippen LogP contribution in [0.4, 0.5) is 0 Å². The number of hydrogen-bond donors (Lipinski definition) is 0. The minimum absolute atomic E-state index is 0.400. The van der Waals surface area contributed by atoms with Crippen LogP contribution in [0, 0.1) is 0 Å². The zero-order valence-corrected chi connectivity index (χ0v) is 19.6. The fourth-order valence-electron chi connectivity index (χ4n) is 3.52. The minimum Gasteiger partial charge on any atom is -0.450 e. The Labute approximate surface area is 185 Å². The Morgan fingerprint density at radius 1 is 0.700 bits per heavy atom. The molecule has 0 aromatic carbocycles. The number of carbonyl (C=O) groups is 2. The van der Waals surface area contributed by atoms with E-state index in [2.05, 4.69) is 24.8 Å². The van der Waals surface area contributed by atoms with E-state index < -0.39 is 18.5 Å². The number of hydrogen-bond acceptors (Lipinski definition) is 4. The third kappa shape index (κ3) is 19.7. The van der Waals surface area contributed by atoms with Crippen LogP contribution < -0.4 is 0 Å². The summed E-state index contributed by atoms with van der Waals surface area (Å²) in [6.45, 7) is 8.89. The predicted octanol–water partition coefficient (Wildman–Crippen LogP) is 7.81. The van der Waals surface area contributed by atoms with Gasteiger partial charge in [0, 0.05) is 5.57 Å². The lowest BCUT2D eigenvalue weighted by atomic mass is 10.0. The van der Waals surface area contributed by atoms with E-state index in [1.54, 1.807) is 0 Å². The average Bonchev–Trinajstić information content (AvgIpc) is 2.74. The predicted molar refractivity (Wildman–Crippen MR) is 125 cm³/mol. The van der Waals surface area contributed by atoms with Crippen LogP contribution in [0.15, 0.2) is 25.0 Å². The Hall–Kier alpha value is -1.58. The van der Waals surface area contributed by atoms with Gasteiger partial charge < -0.3 is 9.47 Å². The van der Waals surface area contributed by atoms with Gasteiger partial charge in [0.05, 0.1) is 6.26 Å². The molecule has 0 aromatic heterocycles. The summed E-state index contributed by atoms with van der Waals surface area (Å²) < 4.78 is 9.33. The fourth-order valence-corrected chi connectivity index (χ4v) is 3.52. The van der Waals surface area contributed by atoms with Crippen molar-refractivity contribution in [1.82, 2.24) is 0 Å². The maximum absolute atomic E-state index is 11.7. The van der Waals surface area contributed by atoms with Gasteiger partial charge in [-0.3, -0.25) is 0 Å². The Kier molecular flexibility index (Phi) is 20.9. The molecule has 30 heavy (non-hydrogen) atoms. The lowest BCUT2D eigenvalue weighted by Gasteiger charge is -2.06. The molecule has 0 bridgehead atoms. The first-order chi connectivity index (χ1) is 14.6. The molecule has 4 nitrogen and oxygen atoms in total. The van der Waals surface area contributed by atoms with Crippen molar-refractivity contribution in [3.63, 3.8) is 0 Å². The normalized spacial score (nSPS) is 10.6. The molecule has 174 valence electrons. The molecule has 0 rings (SSSR count). The number of esters is 2.